The first-order valence-electron chi connectivity index (χ1n) is 6.98. The van der Waals surface area contributed by atoms with Gasteiger partial charge in [-0.3, -0.25) is 9.59 Å². The number of benzene rings is 2. The summed E-state index contributed by atoms with van der Waals surface area (Å²) in [6, 6.07) is 13.4. The average molecular weight is 362 g/mol. The zero-order valence-corrected chi connectivity index (χ0v) is 14.0. The second-order valence-corrected chi connectivity index (χ2v) is 5.73. The molecule has 0 heterocycles. The minimum Gasteiger partial charge on any atom is -0.348 e. The Morgan fingerprint density at radius 1 is 1.12 bits per heavy atom. The largest absolute Gasteiger partial charge is 0.348 e. The third-order valence-electron chi connectivity index (χ3n) is 3.08. The summed E-state index contributed by atoms with van der Waals surface area (Å²) < 4.78 is 0. The molecule has 0 fully saturated rings. The number of carbonyl (C=O) groups excluding carboxylic acids is 2. The molecule has 0 bridgehead atoms. The summed E-state index contributed by atoms with van der Waals surface area (Å²) in [6.07, 6.45) is -0.214. The van der Waals surface area contributed by atoms with E-state index >= 15 is 0 Å². The van der Waals surface area contributed by atoms with Crippen molar-refractivity contribution in [1.82, 2.24) is 5.32 Å². The van der Waals surface area contributed by atoms with Crippen molar-refractivity contribution in [2.75, 3.05) is 5.32 Å². The first-order valence-corrected chi connectivity index (χ1v) is 7.74. The fourth-order valence-corrected chi connectivity index (χ4v) is 2.36. The van der Waals surface area contributed by atoms with Gasteiger partial charge in [-0.1, -0.05) is 35.3 Å². The molecule has 0 unspecified atom stereocenters. The van der Waals surface area contributed by atoms with Crippen LogP contribution in [-0.2, 0) is 11.3 Å². The Bertz CT molecular complexity index is 816. The molecule has 2 N–H and O–H groups in total. The lowest BCUT2D eigenvalue weighted by Gasteiger charge is -2.09. The van der Waals surface area contributed by atoms with Gasteiger partial charge in [0.2, 0.25) is 5.91 Å². The summed E-state index contributed by atoms with van der Waals surface area (Å²) >= 11 is 11.9. The van der Waals surface area contributed by atoms with Crippen LogP contribution in [0.1, 0.15) is 22.3 Å². The summed E-state index contributed by atoms with van der Waals surface area (Å²) in [7, 11) is 0. The first kappa shape index (κ1) is 17.8. The van der Waals surface area contributed by atoms with Crippen molar-refractivity contribution in [3.05, 3.63) is 63.6 Å². The van der Waals surface area contributed by atoms with Gasteiger partial charge in [-0.2, -0.15) is 5.26 Å². The molecule has 2 rings (SSSR count). The van der Waals surface area contributed by atoms with Crippen molar-refractivity contribution in [3.63, 3.8) is 0 Å². The first-order chi connectivity index (χ1) is 11.5. The van der Waals surface area contributed by atoms with E-state index in [9.17, 15) is 9.59 Å². The van der Waals surface area contributed by atoms with E-state index in [4.69, 9.17) is 28.5 Å². The number of anilines is 1. The van der Waals surface area contributed by atoms with Gasteiger partial charge in [0, 0.05) is 17.3 Å². The fourth-order valence-electron chi connectivity index (χ4n) is 1.99. The molecule has 2 amide bonds. The highest BCUT2D eigenvalue weighted by molar-refractivity contribution is 6.35. The maximum atomic E-state index is 12.2. The van der Waals surface area contributed by atoms with E-state index in [1.807, 2.05) is 0 Å². The van der Waals surface area contributed by atoms with Gasteiger partial charge in [0.15, 0.2) is 0 Å². The summed E-state index contributed by atoms with van der Waals surface area (Å²) in [5, 5.41) is 14.6. The number of carbonyl (C=O) groups is 2. The maximum absolute atomic E-state index is 12.2. The molecule has 0 aliphatic heterocycles. The van der Waals surface area contributed by atoms with Crippen molar-refractivity contribution in [2.24, 2.45) is 0 Å². The fraction of sp³-hybridized carbons (Fsp3) is 0.118. The van der Waals surface area contributed by atoms with Crippen LogP contribution < -0.4 is 10.6 Å². The number of nitrogens with one attached hydrogen (secondary N) is 2. The van der Waals surface area contributed by atoms with Crippen molar-refractivity contribution in [1.29, 1.82) is 5.26 Å². The highest BCUT2D eigenvalue weighted by Gasteiger charge is 2.11. The van der Waals surface area contributed by atoms with Crippen LogP contribution in [0.25, 0.3) is 0 Å². The number of nitriles is 1. The van der Waals surface area contributed by atoms with Crippen LogP contribution in [0.4, 0.5) is 5.69 Å². The third-order valence-corrected chi connectivity index (χ3v) is 3.64. The molecule has 24 heavy (non-hydrogen) atoms. The second-order valence-electron chi connectivity index (χ2n) is 4.89. The molecule has 2 aromatic rings. The quantitative estimate of drug-likeness (QED) is 0.849. The standard InChI is InChI=1S/C17H13Cl2N3O2/c18-12-4-5-15(19)14(9-12)17(24)21-10-11-2-1-3-13(8-11)22-16(23)6-7-20/h1-5,8-9H,6,10H2,(H,21,24)(H,22,23). The van der Waals surface area contributed by atoms with Gasteiger partial charge >= 0.3 is 0 Å². The molecule has 0 saturated heterocycles. The number of hydrogen-bond donors (Lipinski definition) is 2. The van der Waals surface area contributed by atoms with E-state index in [0.29, 0.717) is 21.3 Å². The molecule has 0 spiro atoms. The Labute approximate surface area is 149 Å². The molecule has 0 radical (unpaired) electrons. The summed E-state index contributed by atoms with van der Waals surface area (Å²) in [5.41, 5.74) is 1.64. The number of halogens is 2. The smallest absolute Gasteiger partial charge is 0.253 e. The molecule has 0 saturated carbocycles. The zero-order valence-electron chi connectivity index (χ0n) is 12.5. The van der Waals surface area contributed by atoms with Crippen molar-refractivity contribution in [3.8, 4) is 6.07 Å². The lowest BCUT2D eigenvalue weighted by atomic mass is 10.1. The minimum atomic E-state index is -0.385. The van der Waals surface area contributed by atoms with Crippen molar-refractivity contribution < 1.29 is 9.59 Å². The van der Waals surface area contributed by atoms with Gasteiger partial charge < -0.3 is 10.6 Å². The van der Waals surface area contributed by atoms with E-state index in [-0.39, 0.29) is 24.8 Å². The predicted octanol–water partition coefficient (Wildman–Crippen LogP) is 3.78. The van der Waals surface area contributed by atoms with E-state index in [0.717, 1.165) is 5.56 Å². The molecule has 0 aliphatic rings. The predicted molar refractivity (Wildman–Crippen MR) is 92.9 cm³/mol. The Morgan fingerprint density at radius 2 is 1.92 bits per heavy atom. The normalized spacial score (nSPS) is 9.88. The molecule has 7 heteroatoms. The van der Waals surface area contributed by atoms with Crippen LogP contribution in [0, 0.1) is 11.3 Å². The van der Waals surface area contributed by atoms with Gasteiger partial charge in [-0.25, -0.2) is 0 Å². The van der Waals surface area contributed by atoms with Crippen LogP contribution >= 0.6 is 23.2 Å². The molecule has 5 nitrogen and oxygen atoms in total. The van der Waals surface area contributed by atoms with Gasteiger partial charge in [-0.15, -0.1) is 0 Å². The van der Waals surface area contributed by atoms with Gasteiger partial charge in [0.1, 0.15) is 6.42 Å². The maximum Gasteiger partial charge on any atom is 0.253 e. The number of nitrogens with zero attached hydrogens (tertiary/aromatic N) is 1. The molecule has 0 aromatic heterocycles. The summed E-state index contributed by atoms with van der Waals surface area (Å²) in [4.78, 5) is 23.6. The average Bonchev–Trinajstić information content (AvgIpc) is 2.55. The summed E-state index contributed by atoms with van der Waals surface area (Å²) in [6.45, 7) is 0.254. The van der Waals surface area contributed by atoms with Crippen LogP contribution in [0.5, 0.6) is 0 Å². The van der Waals surface area contributed by atoms with Crippen LogP contribution in [0.15, 0.2) is 42.5 Å². The van der Waals surface area contributed by atoms with Crippen LogP contribution in [0.3, 0.4) is 0 Å². The Balaban J connectivity index is 2.01. The van der Waals surface area contributed by atoms with Gasteiger partial charge in [0.05, 0.1) is 16.7 Å². The molecular formula is C17H13Cl2N3O2. The van der Waals surface area contributed by atoms with E-state index in [1.54, 1.807) is 42.5 Å². The van der Waals surface area contributed by atoms with Crippen LogP contribution in [-0.4, -0.2) is 11.8 Å². The highest BCUT2D eigenvalue weighted by atomic mass is 35.5. The molecular weight excluding hydrogens is 349 g/mol. The number of hydrogen-bond acceptors (Lipinski definition) is 3. The third kappa shape index (κ3) is 4.98. The Hall–Kier alpha value is -2.55. The lowest BCUT2D eigenvalue weighted by molar-refractivity contribution is -0.115. The summed E-state index contributed by atoms with van der Waals surface area (Å²) in [5.74, 6) is -0.731. The van der Waals surface area contributed by atoms with E-state index in [1.165, 1.54) is 6.07 Å². The molecule has 0 atom stereocenters. The highest BCUT2D eigenvalue weighted by Crippen LogP contribution is 2.20. The van der Waals surface area contributed by atoms with Crippen LogP contribution in [0.2, 0.25) is 10.0 Å². The second kappa shape index (κ2) is 8.34. The number of amides is 2. The van der Waals surface area contributed by atoms with E-state index < -0.39 is 0 Å². The zero-order chi connectivity index (χ0) is 17.5. The van der Waals surface area contributed by atoms with Gasteiger partial charge in [-0.05, 0) is 35.9 Å². The Kier molecular flexibility index (Phi) is 6.19. The van der Waals surface area contributed by atoms with E-state index in [2.05, 4.69) is 10.6 Å². The topological polar surface area (TPSA) is 82.0 Å². The number of rotatable bonds is 5. The lowest BCUT2D eigenvalue weighted by Crippen LogP contribution is -2.23. The van der Waals surface area contributed by atoms with Crippen molar-refractivity contribution >= 4 is 40.7 Å². The monoisotopic (exact) mass is 361 g/mol. The molecule has 2 aromatic carbocycles. The molecule has 0 aliphatic carbocycles. The Morgan fingerprint density at radius 3 is 2.67 bits per heavy atom. The SMILES string of the molecule is N#CCC(=O)Nc1cccc(CNC(=O)c2cc(Cl)ccc2Cl)c1. The molecule has 122 valence electrons. The van der Waals surface area contributed by atoms with Crippen molar-refractivity contribution in [2.45, 2.75) is 13.0 Å². The van der Waals surface area contributed by atoms with Gasteiger partial charge in [0.25, 0.3) is 5.91 Å². The minimum absolute atomic E-state index is 0.214.